The molecule has 3 aromatic carbocycles. The van der Waals surface area contributed by atoms with Crippen molar-refractivity contribution in [2.45, 2.75) is 20.8 Å². The monoisotopic (exact) mass is 521 g/mol. The molecule has 0 radical (unpaired) electrons. The quantitative estimate of drug-likeness (QED) is 0.263. The van der Waals surface area contributed by atoms with E-state index >= 15 is 0 Å². The molecule has 0 saturated heterocycles. The number of anilines is 2. The molecule has 3 aromatic rings. The molecule has 0 saturated carbocycles. The fraction of sp³-hybridized carbons (Fsp3) is 0.179. The third-order valence-corrected chi connectivity index (χ3v) is 5.64. The molecule has 0 aliphatic carbocycles. The second-order valence-corrected chi connectivity index (χ2v) is 8.36. The summed E-state index contributed by atoms with van der Waals surface area (Å²) in [6.07, 6.45) is 1.38. The maximum absolute atomic E-state index is 13.8. The number of hydrogen-bond donors (Lipinski definition) is 2. The molecule has 37 heavy (non-hydrogen) atoms. The number of hydrogen-bond acceptors (Lipinski definition) is 5. The largest absolute Gasteiger partial charge is 0.490 e. The van der Waals surface area contributed by atoms with Crippen LogP contribution in [0.1, 0.15) is 23.6 Å². The van der Waals surface area contributed by atoms with Crippen LogP contribution >= 0.6 is 11.6 Å². The highest BCUT2D eigenvalue weighted by atomic mass is 35.5. The lowest BCUT2D eigenvalue weighted by atomic mass is 10.1. The second kappa shape index (κ2) is 12.6. The van der Waals surface area contributed by atoms with Crippen molar-refractivity contribution in [3.8, 4) is 17.6 Å². The molecule has 0 unspecified atom stereocenters. The zero-order chi connectivity index (χ0) is 26.9. The number of carbonyl (C=O) groups excluding carboxylic acids is 2. The Morgan fingerprint density at radius 3 is 2.49 bits per heavy atom. The highest BCUT2D eigenvalue weighted by Gasteiger charge is 2.17. The summed E-state index contributed by atoms with van der Waals surface area (Å²) in [5.41, 5.74) is 2.82. The molecule has 0 heterocycles. The second-order valence-electron chi connectivity index (χ2n) is 7.95. The Morgan fingerprint density at radius 2 is 1.78 bits per heavy atom. The Morgan fingerprint density at radius 1 is 1.05 bits per heavy atom. The summed E-state index contributed by atoms with van der Waals surface area (Å²) in [5.74, 6) is -1.43. The Hall–Kier alpha value is -4.35. The van der Waals surface area contributed by atoms with Crippen molar-refractivity contribution >= 4 is 40.9 Å². The van der Waals surface area contributed by atoms with Crippen LogP contribution < -0.4 is 20.1 Å². The minimum Gasteiger partial charge on any atom is -0.490 e. The maximum Gasteiger partial charge on any atom is 0.266 e. The van der Waals surface area contributed by atoms with Crippen molar-refractivity contribution in [2.24, 2.45) is 0 Å². The van der Waals surface area contributed by atoms with E-state index in [2.05, 4.69) is 10.6 Å². The number of amides is 2. The van der Waals surface area contributed by atoms with Crippen molar-refractivity contribution in [2.75, 3.05) is 23.8 Å². The molecule has 190 valence electrons. The lowest BCUT2D eigenvalue weighted by Crippen LogP contribution is -2.21. The van der Waals surface area contributed by atoms with E-state index in [4.69, 9.17) is 21.1 Å². The number of ether oxygens (including phenoxy) is 2. The van der Waals surface area contributed by atoms with Crippen LogP contribution in [0.25, 0.3) is 6.08 Å². The number of benzene rings is 3. The molecule has 7 nitrogen and oxygen atoms in total. The summed E-state index contributed by atoms with van der Waals surface area (Å²) in [5, 5.41) is 14.9. The smallest absolute Gasteiger partial charge is 0.266 e. The molecular weight excluding hydrogens is 497 g/mol. The number of nitriles is 1. The van der Waals surface area contributed by atoms with E-state index in [0.717, 1.165) is 11.1 Å². The summed E-state index contributed by atoms with van der Waals surface area (Å²) in [6, 6.07) is 16.2. The fourth-order valence-electron chi connectivity index (χ4n) is 3.35. The molecule has 9 heteroatoms. The third kappa shape index (κ3) is 7.09. The van der Waals surface area contributed by atoms with Crippen molar-refractivity contribution in [3.63, 3.8) is 0 Å². The lowest BCUT2D eigenvalue weighted by molar-refractivity contribution is -0.118. The van der Waals surface area contributed by atoms with E-state index in [-0.39, 0.29) is 34.4 Å². The molecule has 0 atom stereocenters. The molecular formula is C28H25ClFN3O4. The lowest BCUT2D eigenvalue weighted by Gasteiger charge is -2.15. The van der Waals surface area contributed by atoms with Gasteiger partial charge in [0.2, 0.25) is 0 Å². The number of nitrogens with zero attached hydrogens (tertiary/aromatic N) is 1. The van der Waals surface area contributed by atoms with Gasteiger partial charge in [-0.25, -0.2) is 4.39 Å². The van der Waals surface area contributed by atoms with Gasteiger partial charge in [0, 0.05) is 5.69 Å². The summed E-state index contributed by atoms with van der Waals surface area (Å²) < 4.78 is 25.0. The number of carbonyl (C=O) groups is 2. The topological polar surface area (TPSA) is 100 Å². The first-order valence-electron chi connectivity index (χ1n) is 11.4. The van der Waals surface area contributed by atoms with E-state index in [1.165, 1.54) is 30.3 Å². The normalized spacial score (nSPS) is 10.9. The molecule has 2 amide bonds. The van der Waals surface area contributed by atoms with Crippen LogP contribution in [-0.4, -0.2) is 25.0 Å². The first-order chi connectivity index (χ1) is 17.7. The minimum absolute atomic E-state index is 0.0240. The van der Waals surface area contributed by atoms with Gasteiger partial charge in [0.1, 0.15) is 17.5 Å². The number of halogens is 2. The van der Waals surface area contributed by atoms with Crippen molar-refractivity contribution in [1.29, 1.82) is 5.26 Å². The zero-order valence-corrected chi connectivity index (χ0v) is 21.3. The molecule has 3 rings (SSSR count). The first kappa shape index (κ1) is 27.2. The SMILES string of the molecule is CCOc1cc(/C=C(/C#N)C(=O)Nc2cccc(C)c2C)cc(Cl)c1OCC(=O)Nc1ccccc1F. The Bertz CT molecular complexity index is 1400. The highest BCUT2D eigenvalue weighted by molar-refractivity contribution is 6.32. The number of para-hydroxylation sites is 1. The molecule has 0 spiro atoms. The number of nitrogens with one attached hydrogen (secondary N) is 2. The van der Waals surface area contributed by atoms with Crippen LogP contribution in [-0.2, 0) is 9.59 Å². The Kier molecular flexibility index (Phi) is 9.25. The standard InChI is InChI=1S/C28H25ClFN3O4/c1-4-36-25-14-19(12-20(15-31)28(35)33-23-11-7-8-17(2)18(23)3)13-21(29)27(25)37-16-26(34)32-24-10-6-5-9-22(24)30/h5-14H,4,16H2,1-3H3,(H,32,34)(H,33,35)/b20-12-. The summed E-state index contributed by atoms with van der Waals surface area (Å²) in [4.78, 5) is 25.0. The maximum atomic E-state index is 13.8. The zero-order valence-electron chi connectivity index (χ0n) is 20.5. The van der Waals surface area contributed by atoms with Crippen molar-refractivity contribution < 1.29 is 23.5 Å². The van der Waals surface area contributed by atoms with E-state index in [9.17, 15) is 19.2 Å². The van der Waals surface area contributed by atoms with E-state index < -0.39 is 24.2 Å². The fourth-order valence-corrected chi connectivity index (χ4v) is 3.63. The van der Waals surface area contributed by atoms with Crippen molar-refractivity contribution in [1.82, 2.24) is 0 Å². The average Bonchev–Trinajstić information content (AvgIpc) is 2.86. The van der Waals surface area contributed by atoms with Crippen LogP contribution in [0.15, 0.2) is 60.2 Å². The minimum atomic E-state index is -0.595. The Labute approximate surface area is 219 Å². The molecule has 2 N–H and O–H groups in total. The predicted octanol–water partition coefficient (Wildman–Crippen LogP) is 6.06. The van der Waals surface area contributed by atoms with Crippen LogP contribution in [0.5, 0.6) is 11.5 Å². The average molecular weight is 522 g/mol. The van der Waals surface area contributed by atoms with Gasteiger partial charge in [0.05, 0.1) is 17.3 Å². The van der Waals surface area contributed by atoms with Crippen LogP contribution in [0.2, 0.25) is 5.02 Å². The van der Waals surface area contributed by atoms with E-state index in [1.54, 1.807) is 25.1 Å². The molecule has 0 aliphatic heterocycles. The van der Waals surface area contributed by atoms with Gasteiger partial charge in [-0.15, -0.1) is 0 Å². The predicted molar refractivity (Wildman–Crippen MR) is 141 cm³/mol. The van der Waals surface area contributed by atoms with Gasteiger partial charge in [-0.1, -0.05) is 35.9 Å². The molecule has 0 aliphatic rings. The van der Waals surface area contributed by atoms with Gasteiger partial charge in [-0.05, 0) is 73.9 Å². The first-order valence-corrected chi connectivity index (χ1v) is 11.7. The molecule has 0 fully saturated rings. The summed E-state index contributed by atoms with van der Waals surface area (Å²) in [6.45, 7) is 5.37. The van der Waals surface area contributed by atoms with Crippen LogP contribution in [0.4, 0.5) is 15.8 Å². The van der Waals surface area contributed by atoms with Crippen LogP contribution in [0, 0.1) is 31.0 Å². The third-order valence-electron chi connectivity index (χ3n) is 5.36. The van der Waals surface area contributed by atoms with Gasteiger partial charge < -0.3 is 20.1 Å². The molecule has 0 aromatic heterocycles. The van der Waals surface area contributed by atoms with Gasteiger partial charge in [-0.3, -0.25) is 9.59 Å². The number of aryl methyl sites for hydroxylation is 1. The van der Waals surface area contributed by atoms with Crippen molar-refractivity contribution in [3.05, 3.63) is 87.7 Å². The Balaban J connectivity index is 1.80. The van der Waals surface area contributed by atoms with Gasteiger partial charge in [0.25, 0.3) is 11.8 Å². The summed E-state index contributed by atoms with van der Waals surface area (Å²) >= 11 is 6.40. The van der Waals surface area contributed by atoms with E-state index in [1.807, 2.05) is 32.0 Å². The summed E-state index contributed by atoms with van der Waals surface area (Å²) in [7, 11) is 0. The van der Waals surface area contributed by atoms with Crippen LogP contribution in [0.3, 0.4) is 0 Å². The van der Waals surface area contributed by atoms with Gasteiger partial charge >= 0.3 is 0 Å². The van der Waals surface area contributed by atoms with Gasteiger partial charge in [-0.2, -0.15) is 5.26 Å². The number of rotatable bonds is 9. The highest BCUT2D eigenvalue weighted by Crippen LogP contribution is 2.37. The van der Waals surface area contributed by atoms with E-state index in [0.29, 0.717) is 11.3 Å². The van der Waals surface area contributed by atoms with Gasteiger partial charge in [0.15, 0.2) is 18.1 Å². The molecule has 0 bridgehead atoms.